The third-order valence-corrected chi connectivity index (χ3v) is 3.35. The van der Waals surface area contributed by atoms with Crippen LogP contribution in [0.4, 0.5) is 0 Å². The van der Waals surface area contributed by atoms with Crippen LogP contribution in [0.3, 0.4) is 0 Å². The Morgan fingerprint density at radius 1 is 1.24 bits per heavy atom. The van der Waals surface area contributed by atoms with Crippen molar-refractivity contribution in [2.24, 2.45) is 10.7 Å². The molecule has 2 aromatic rings. The number of fused-ring (bicyclic) bond motifs is 1. The maximum absolute atomic E-state index is 5.87. The summed E-state index contributed by atoms with van der Waals surface area (Å²) in [4.78, 5) is 4.38. The first kappa shape index (κ1) is 15.3. The zero-order valence-electron chi connectivity index (χ0n) is 12.7. The molecular weight excluding hydrogens is 262 g/mol. The van der Waals surface area contributed by atoms with Crippen LogP contribution in [0.25, 0.3) is 10.8 Å². The molecule has 0 aromatic heterocycles. The minimum absolute atomic E-state index is 0.163. The largest absolute Gasteiger partial charge is 0.383 e. The maximum Gasteiger partial charge on any atom is 0.188 e. The second-order valence-electron chi connectivity index (χ2n) is 5.16. The fourth-order valence-electron chi connectivity index (χ4n) is 2.40. The summed E-state index contributed by atoms with van der Waals surface area (Å²) in [6.07, 6.45) is 0.877. The molecule has 0 bridgehead atoms. The Labute approximate surface area is 126 Å². The topological polar surface area (TPSA) is 59.6 Å². The Balaban J connectivity index is 1.96. The lowest BCUT2D eigenvalue weighted by Crippen LogP contribution is -2.40. The molecule has 0 saturated carbocycles. The Morgan fingerprint density at radius 3 is 2.81 bits per heavy atom. The zero-order chi connectivity index (χ0) is 15.1. The van der Waals surface area contributed by atoms with Gasteiger partial charge >= 0.3 is 0 Å². The monoisotopic (exact) mass is 285 g/mol. The summed E-state index contributed by atoms with van der Waals surface area (Å²) in [7, 11) is 1.67. The van der Waals surface area contributed by atoms with E-state index in [9.17, 15) is 0 Å². The van der Waals surface area contributed by atoms with Gasteiger partial charge in [0.1, 0.15) is 0 Å². The van der Waals surface area contributed by atoms with Crippen molar-refractivity contribution in [3.63, 3.8) is 0 Å². The summed E-state index contributed by atoms with van der Waals surface area (Å²) in [5, 5.41) is 5.66. The Kier molecular flexibility index (Phi) is 5.58. The molecule has 4 heteroatoms. The van der Waals surface area contributed by atoms with Gasteiger partial charge < -0.3 is 15.8 Å². The van der Waals surface area contributed by atoms with Crippen LogP contribution in [-0.2, 0) is 11.2 Å². The second-order valence-corrected chi connectivity index (χ2v) is 5.16. The summed E-state index contributed by atoms with van der Waals surface area (Å²) in [6, 6.07) is 14.9. The average Bonchev–Trinajstić information content (AvgIpc) is 2.47. The predicted octanol–water partition coefficient (Wildman–Crippen LogP) is 2.32. The van der Waals surface area contributed by atoms with E-state index in [1.165, 1.54) is 16.3 Å². The molecule has 3 N–H and O–H groups in total. The number of ether oxygens (including phenoxy) is 1. The van der Waals surface area contributed by atoms with Crippen LogP contribution >= 0.6 is 0 Å². The number of nitrogens with one attached hydrogen (secondary N) is 1. The van der Waals surface area contributed by atoms with Gasteiger partial charge in [0.25, 0.3) is 0 Å². The van der Waals surface area contributed by atoms with E-state index in [0.29, 0.717) is 19.1 Å². The van der Waals surface area contributed by atoms with Crippen LogP contribution in [0.1, 0.15) is 12.5 Å². The Hall–Kier alpha value is -2.07. The van der Waals surface area contributed by atoms with E-state index in [0.717, 1.165) is 6.42 Å². The van der Waals surface area contributed by atoms with Gasteiger partial charge in [-0.25, -0.2) is 0 Å². The van der Waals surface area contributed by atoms with Crippen molar-refractivity contribution in [1.29, 1.82) is 0 Å². The molecule has 112 valence electrons. The number of hydrogen-bond donors (Lipinski definition) is 2. The molecule has 2 rings (SSSR count). The van der Waals surface area contributed by atoms with Crippen LogP contribution in [0.2, 0.25) is 0 Å². The van der Waals surface area contributed by atoms with Crippen LogP contribution in [-0.4, -0.2) is 32.3 Å². The average molecular weight is 285 g/mol. The van der Waals surface area contributed by atoms with E-state index < -0.39 is 0 Å². The highest BCUT2D eigenvalue weighted by Crippen LogP contribution is 2.18. The molecule has 2 aromatic carbocycles. The SMILES string of the molecule is COCC(C)NC(N)=NCCc1cccc2ccccc12. The molecular formula is C17H23N3O. The molecule has 0 amide bonds. The molecule has 1 atom stereocenters. The van der Waals surface area contributed by atoms with E-state index in [-0.39, 0.29) is 6.04 Å². The highest BCUT2D eigenvalue weighted by atomic mass is 16.5. The van der Waals surface area contributed by atoms with Gasteiger partial charge in [0, 0.05) is 19.7 Å². The van der Waals surface area contributed by atoms with Gasteiger partial charge in [0.15, 0.2) is 5.96 Å². The lowest BCUT2D eigenvalue weighted by atomic mass is 10.0. The predicted molar refractivity (Wildman–Crippen MR) is 88.6 cm³/mol. The molecule has 0 aliphatic heterocycles. The number of rotatable bonds is 6. The molecule has 21 heavy (non-hydrogen) atoms. The molecule has 0 spiro atoms. The quantitative estimate of drug-likeness (QED) is 0.632. The highest BCUT2D eigenvalue weighted by Gasteiger charge is 2.02. The molecule has 4 nitrogen and oxygen atoms in total. The zero-order valence-corrected chi connectivity index (χ0v) is 12.7. The summed E-state index contributed by atoms with van der Waals surface area (Å²) >= 11 is 0. The third-order valence-electron chi connectivity index (χ3n) is 3.35. The lowest BCUT2D eigenvalue weighted by Gasteiger charge is -2.13. The molecule has 0 fully saturated rings. The first-order valence-corrected chi connectivity index (χ1v) is 7.22. The van der Waals surface area contributed by atoms with Gasteiger partial charge in [0.05, 0.1) is 6.61 Å². The summed E-state index contributed by atoms with van der Waals surface area (Å²) in [6.45, 7) is 3.29. The number of methoxy groups -OCH3 is 1. The van der Waals surface area contributed by atoms with E-state index in [2.05, 4.69) is 52.8 Å². The van der Waals surface area contributed by atoms with Crippen LogP contribution in [0, 0.1) is 0 Å². The Bertz CT molecular complexity index is 605. The second kappa shape index (κ2) is 7.64. The fraction of sp³-hybridized carbons (Fsp3) is 0.353. The normalized spacial score (nSPS) is 13.3. The van der Waals surface area contributed by atoms with Crippen molar-refractivity contribution < 1.29 is 4.74 Å². The van der Waals surface area contributed by atoms with Crippen molar-refractivity contribution in [1.82, 2.24) is 5.32 Å². The Morgan fingerprint density at radius 2 is 2.00 bits per heavy atom. The molecule has 1 unspecified atom stereocenters. The van der Waals surface area contributed by atoms with Crippen molar-refractivity contribution >= 4 is 16.7 Å². The lowest BCUT2D eigenvalue weighted by molar-refractivity contribution is 0.179. The fourth-order valence-corrected chi connectivity index (χ4v) is 2.40. The van der Waals surface area contributed by atoms with Crippen LogP contribution in [0.5, 0.6) is 0 Å². The van der Waals surface area contributed by atoms with E-state index >= 15 is 0 Å². The van der Waals surface area contributed by atoms with E-state index in [4.69, 9.17) is 10.5 Å². The molecule has 0 heterocycles. The van der Waals surface area contributed by atoms with Gasteiger partial charge in [-0.1, -0.05) is 42.5 Å². The number of benzene rings is 2. The minimum atomic E-state index is 0.163. The molecule has 0 saturated heterocycles. The molecule has 0 aliphatic carbocycles. The highest BCUT2D eigenvalue weighted by molar-refractivity contribution is 5.85. The number of aliphatic imine (C=N–C) groups is 1. The maximum atomic E-state index is 5.87. The summed E-state index contributed by atoms with van der Waals surface area (Å²) in [5.41, 5.74) is 7.17. The standard InChI is InChI=1S/C17H23N3O/c1-13(12-21-2)20-17(18)19-11-10-15-8-5-7-14-6-3-4-9-16(14)15/h3-9,13H,10-12H2,1-2H3,(H3,18,19,20). The first-order valence-electron chi connectivity index (χ1n) is 7.22. The number of nitrogens with zero attached hydrogens (tertiary/aromatic N) is 1. The van der Waals surface area contributed by atoms with Crippen LogP contribution in [0.15, 0.2) is 47.5 Å². The van der Waals surface area contributed by atoms with Gasteiger partial charge in [0.2, 0.25) is 0 Å². The molecule has 0 aliphatic rings. The number of hydrogen-bond acceptors (Lipinski definition) is 2. The van der Waals surface area contributed by atoms with Gasteiger partial charge in [-0.15, -0.1) is 0 Å². The van der Waals surface area contributed by atoms with E-state index in [1.807, 2.05) is 6.92 Å². The van der Waals surface area contributed by atoms with Crippen molar-refractivity contribution in [2.75, 3.05) is 20.3 Å². The third kappa shape index (κ3) is 4.46. The smallest absolute Gasteiger partial charge is 0.188 e. The van der Waals surface area contributed by atoms with Gasteiger partial charge in [-0.05, 0) is 29.7 Å². The number of nitrogens with two attached hydrogens (primary N) is 1. The van der Waals surface area contributed by atoms with Crippen molar-refractivity contribution in [2.45, 2.75) is 19.4 Å². The summed E-state index contributed by atoms with van der Waals surface area (Å²) < 4.78 is 5.05. The number of guanidine groups is 1. The van der Waals surface area contributed by atoms with Crippen molar-refractivity contribution in [3.8, 4) is 0 Å². The van der Waals surface area contributed by atoms with Crippen LogP contribution < -0.4 is 11.1 Å². The molecule has 0 radical (unpaired) electrons. The van der Waals surface area contributed by atoms with E-state index in [1.54, 1.807) is 7.11 Å². The van der Waals surface area contributed by atoms with Gasteiger partial charge in [-0.3, -0.25) is 4.99 Å². The first-order chi connectivity index (χ1) is 10.2. The minimum Gasteiger partial charge on any atom is -0.383 e. The van der Waals surface area contributed by atoms with Crippen molar-refractivity contribution in [3.05, 3.63) is 48.0 Å². The summed E-state index contributed by atoms with van der Waals surface area (Å²) in [5.74, 6) is 0.472. The van der Waals surface area contributed by atoms with Gasteiger partial charge in [-0.2, -0.15) is 0 Å².